The van der Waals surface area contributed by atoms with Crippen LogP contribution in [0.1, 0.15) is 24.8 Å². The molecule has 136 valence electrons. The van der Waals surface area contributed by atoms with E-state index in [0.717, 1.165) is 49.2 Å². The number of rotatable bonds is 5. The summed E-state index contributed by atoms with van der Waals surface area (Å²) >= 11 is 0. The molecule has 1 spiro atoms. The fourth-order valence-corrected chi connectivity index (χ4v) is 4.11. The Bertz CT molecular complexity index is 762. The van der Waals surface area contributed by atoms with Crippen molar-refractivity contribution < 1.29 is 9.53 Å². The molecule has 4 nitrogen and oxygen atoms in total. The highest BCUT2D eigenvalue weighted by atomic mass is 16.5. The average Bonchev–Trinajstić information content (AvgIpc) is 3.40. The summed E-state index contributed by atoms with van der Waals surface area (Å²) in [4.78, 5) is 12.5. The quantitative estimate of drug-likeness (QED) is 0.869. The molecule has 2 aromatic rings. The summed E-state index contributed by atoms with van der Waals surface area (Å²) in [5.41, 5.74) is 3.76. The minimum absolute atomic E-state index is 0.225. The summed E-state index contributed by atoms with van der Waals surface area (Å²) in [7, 11) is 1.67. The summed E-state index contributed by atoms with van der Waals surface area (Å²) in [6.07, 6.45) is 3.35. The van der Waals surface area contributed by atoms with Gasteiger partial charge < -0.3 is 15.4 Å². The third-order valence-electron chi connectivity index (χ3n) is 5.95. The standard InChI is InChI=1S/C22H26N2O2/c1-26-19-8-6-18(7-9-19)17-4-2-16(3-5-17)15-24-21(25)20-14-22(20)10-12-23-13-11-22/h2-9,20,23H,10-15H2,1H3,(H,24,25). The van der Waals surface area contributed by atoms with Crippen LogP contribution in [-0.4, -0.2) is 26.1 Å². The van der Waals surface area contributed by atoms with Crippen molar-refractivity contribution in [3.63, 3.8) is 0 Å². The Morgan fingerprint density at radius 3 is 2.31 bits per heavy atom. The van der Waals surface area contributed by atoms with Gasteiger partial charge in [-0.05, 0) is 66.6 Å². The largest absolute Gasteiger partial charge is 0.497 e. The molecule has 1 aliphatic carbocycles. The van der Waals surface area contributed by atoms with Gasteiger partial charge in [-0.25, -0.2) is 0 Å². The van der Waals surface area contributed by atoms with E-state index < -0.39 is 0 Å². The zero-order valence-electron chi connectivity index (χ0n) is 15.3. The third-order valence-corrected chi connectivity index (χ3v) is 5.95. The highest BCUT2D eigenvalue weighted by Gasteiger charge is 2.57. The Hall–Kier alpha value is -2.33. The normalized spacial score (nSPS) is 20.6. The number of carbonyl (C=O) groups is 1. The van der Waals surface area contributed by atoms with Crippen molar-refractivity contribution in [3.05, 3.63) is 54.1 Å². The van der Waals surface area contributed by atoms with E-state index in [1.54, 1.807) is 7.11 Å². The number of hydrogen-bond acceptors (Lipinski definition) is 3. The molecule has 2 N–H and O–H groups in total. The fraction of sp³-hybridized carbons (Fsp3) is 0.409. The maximum Gasteiger partial charge on any atom is 0.223 e. The summed E-state index contributed by atoms with van der Waals surface area (Å²) in [5, 5.41) is 6.52. The number of ether oxygens (including phenoxy) is 1. The lowest BCUT2D eigenvalue weighted by atomic mass is 9.92. The number of nitrogens with one attached hydrogen (secondary N) is 2. The Labute approximate surface area is 155 Å². The van der Waals surface area contributed by atoms with E-state index in [-0.39, 0.29) is 11.8 Å². The van der Waals surface area contributed by atoms with Gasteiger partial charge in [-0.15, -0.1) is 0 Å². The summed E-state index contributed by atoms with van der Waals surface area (Å²) < 4.78 is 5.20. The van der Waals surface area contributed by atoms with Crippen LogP contribution in [0, 0.1) is 11.3 Å². The third kappa shape index (κ3) is 3.47. The Morgan fingerprint density at radius 1 is 1.08 bits per heavy atom. The number of benzene rings is 2. The van der Waals surface area contributed by atoms with Crippen LogP contribution in [0.3, 0.4) is 0 Å². The first-order valence-corrected chi connectivity index (χ1v) is 9.42. The monoisotopic (exact) mass is 350 g/mol. The minimum Gasteiger partial charge on any atom is -0.497 e. The minimum atomic E-state index is 0.225. The van der Waals surface area contributed by atoms with E-state index in [1.807, 2.05) is 12.1 Å². The van der Waals surface area contributed by atoms with Crippen LogP contribution in [0.25, 0.3) is 11.1 Å². The molecule has 4 rings (SSSR count). The number of piperidine rings is 1. The smallest absolute Gasteiger partial charge is 0.223 e. The number of hydrogen-bond donors (Lipinski definition) is 2. The molecule has 0 bridgehead atoms. The Kier molecular flexibility index (Phi) is 4.68. The van der Waals surface area contributed by atoms with Crippen molar-refractivity contribution in [3.8, 4) is 16.9 Å². The summed E-state index contributed by atoms with van der Waals surface area (Å²) in [6.45, 7) is 2.71. The Morgan fingerprint density at radius 2 is 1.69 bits per heavy atom. The van der Waals surface area contributed by atoms with Gasteiger partial charge in [0.1, 0.15) is 5.75 Å². The first-order valence-electron chi connectivity index (χ1n) is 9.42. The Balaban J connectivity index is 1.32. The molecule has 0 radical (unpaired) electrons. The first kappa shape index (κ1) is 17.1. The van der Waals surface area contributed by atoms with Crippen molar-refractivity contribution in [1.82, 2.24) is 10.6 Å². The average molecular weight is 350 g/mol. The van der Waals surface area contributed by atoms with Gasteiger partial charge in [0.15, 0.2) is 0 Å². The fourth-order valence-electron chi connectivity index (χ4n) is 4.11. The van der Waals surface area contributed by atoms with E-state index in [0.29, 0.717) is 12.0 Å². The van der Waals surface area contributed by atoms with Gasteiger partial charge >= 0.3 is 0 Å². The molecular weight excluding hydrogens is 324 g/mol. The number of amides is 1. The van der Waals surface area contributed by atoms with Crippen LogP contribution in [0.5, 0.6) is 5.75 Å². The second-order valence-corrected chi connectivity index (χ2v) is 7.51. The van der Waals surface area contributed by atoms with Gasteiger partial charge in [-0.1, -0.05) is 36.4 Å². The second-order valence-electron chi connectivity index (χ2n) is 7.51. The topological polar surface area (TPSA) is 50.4 Å². The van der Waals surface area contributed by atoms with Gasteiger partial charge in [0.25, 0.3) is 0 Å². The lowest BCUT2D eigenvalue weighted by Crippen LogP contribution is -2.33. The van der Waals surface area contributed by atoms with Gasteiger partial charge in [0, 0.05) is 12.5 Å². The highest BCUT2D eigenvalue weighted by molar-refractivity contribution is 5.82. The molecule has 4 heteroatoms. The van der Waals surface area contributed by atoms with E-state index in [9.17, 15) is 4.79 Å². The predicted molar refractivity (Wildman–Crippen MR) is 103 cm³/mol. The van der Waals surface area contributed by atoms with Gasteiger partial charge in [-0.2, -0.15) is 0 Å². The predicted octanol–water partition coefficient (Wildman–Crippen LogP) is 3.37. The lowest BCUT2D eigenvalue weighted by molar-refractivity contribution is -0.123. The lowest BCUT2D eigenvalue weighted by Gasteiger charge is -2.23. The molecular formula is C22H26N2O2. The zero-order chi connectivity index (χ0) is 18.0. The van der Waals surface area contributed by atoms with Gasteiger partial charge in [-0.3, -0.25) is 4.79 Å². The number of methoxy groups -OCH3 is 1. The van der Waals surface area contributed by atoms with Crippen LogP contribution in [0.2, 0.25) is 0 Å². The molecule has 0 aromatic heterocycles. The van der Waals surface area contributed by atoms with Gasteiger partial charge in [0.05, 0.1) is 7.11 Å². The van der Waals surface area contributed by atoms with Crippen molar-refractivity contribution in [2.45, 2.75) is 25.8 Å². The van der Waals surface area contributed by atoms with Crippen LogP contribution >= 0.6 is 0 Å². The van der Waals surface area contributed by atoms with E-state index in [2.05, 4.69) is 47.0 Å². The first-order chi connectivity index (χ1) is 12.7. The maximum absolute atomic E-state index is 12.5. The van der Waals surface area contributed by atoms with Crippen molar-refractivity contribution in [2.75, 3.05) is 20.2 Å². The molecule has 1 amide bonds. The second kappa shape index (κ2) is 7.12. The highest BCUT2D eigenvalue weighted by Crippen LogP contribution is 2.58. The van der Waals surface area contributed by atoms with Crippen LogP contribution in [-0.2, 0) is 11.3 Å². The summed E-state index contributed by atoms with van der Waals surface area (Å²) in [5.74, 6) is 1.31. The van der Waals surface area contributed by atoms with Crippen LogP contribution < -0.4 is 15.4 Å². The maximum atomic E-state index is 12.5. The van der Waals surface area contributed by atoms with E-state index >= 15 is 0 Å². The molecule has 2 aromatic carbocycles. The summed E-state index contributed by atoms with van der Waals surface area (Å²) in [6, 6.07) is 16.4. The van der Waals surface area contributed by atoms with Gasteiger partial charge in [0.2, 0.25) is 5.91 Å². The molecule has 1 saturated carbocycles. The molecule has 1 heterocycles. The van der Waals surface area contributed by atoms with E-state index in [1.165, 1.54) is 5.56 Å². The van der Waals surface area contributed by atoms with Crippen molar-refractivity contribution in [1.29, 1.82) is 0 Å². The molecule has 1 aliphatic heterocycles. The molecule has 1 unspecified atom stereocenters. The number of carbonyl (C=O) groups excluding carboxylic acids is 1. The molecule has 2 fully saturated rings. The molecule has 1 atom stereocenters. The molecule has 1 saturated heterocycles. The van der Waals surface area contributed by atoms with E-state index in [4.69, 9.17) is 4.74 Å². The zero-order valence-corrected chi connectivity index (χ0v) is 15.3. The van der Waals surface area contributed by atoms with Crippen molar-refractivity contribution in [2.24, 2.45) is 11.3 Å². The van der Waals surface area contributed by atoms with Crippen molar-refractivity contribution >= 4 is 5.91 Å². The van der Waals surface area contributed by atoms with Crippen LogP contribution in [0.15, 0.2) is 48.5 Å². The molecule has 26 heavy (non-hydrogen) atoms. The van der Waals surface area contributed by atoms with Crippen LogP contribution in [0.4, 0.5) is 0 Å². The molecule has 2 aliphatic rings. The SMILES string of the molecule is COc1ccc(-c2ccc(CNC(=O)C3CC34CCNCC4)cc2)cc1.